The summed E-state index contributed by atoms with van der Waals surface area (Å²) < 4.78 is 21.2. The van der Waals surface area contributed by atoms with Crippen LogP contribution in [0.25, 0.3) is 0 Å². The van der Waals surface area contributed by atoms with E-state index in [1.54, 1.807) is 4.78 Å². The molecule has 0 bridgehead atoms. The Balaban J connectivity index is 1.92. The van der Waals surface area contributed by atoms with Gasteiger partial charge < -0.3 is 4.52 Å². The number of rotatable bonds is 4. The van der Waals surface area contributed by atoms with Gasteiger partial charge in [-0.1, -0.05) is 78.9 Å². The quantitative estimate of drug-likeness (QED) is 0.576. The highest BCUT2D eigenvalue weighted by molar-refractivity contribution is 7.62. The van der Waals surface area contributed by atoms with Crippen molar-refractivity contribution >= 4 is 18.9 Å². The average Bonchev–Trinajstić information content (AvgIpc) is 3.04. The lowest BCUT2D eigenvalue weighted by Crippen LogP contribution is -2.14. The minimum atomic E-state index is -3.31. The van der Waals surface area contributed by atoms with Gasteiger partial charge in [-0.25, -0.2) is 0 Å². The van der Waals surface area contributed by atoms with E-state index in [0.717, 1.165) is 22.5 Å². The fourth-order valence-corrected chi connectivity index (χ4v) is 5.57. The van der Waals surface area contributed by atoms with E-state index in [0.29, 0.717) is 0 Å². The van der Waals surface area contributed by atoms with E-state index in [1.807, 2.05) is 91.0 Å². The molecule has 0 aliphatic carbocycles. The van der Waals surface area contributed by atoms with Crippen LogP contribution in [0.1, 0.15) is 16.8 Å². The third-order valence-corrected chi connectivity index (χ3v) is 7.05. The van der Waals surface area contributed by atoms with Crippen molar-refractivity contribution in [2.24, 2.45) is 5.10 Å². The molecule has 1 aliphatic rings. The predicted molar refractivity (Wildman–Crippen MR) is 106 cm³/mol. The largest absolute Gasteiger partial charge is 0.329 e. The number of para-hydroxylation sites is 1. The maximum absolute atomic E-state index is 14.0. The van der Waals surface area contributed by atoms with Crippen molar-refractivity contribution in [2.75, 3.05) is 11.9 Å². The fraction of sp³-hybridized carbons (Fsp3) is 0.0952. The first kappa shape index (κ1) is 16.8. The van der Waals surface area contributed by atoms with Crippen LogP contribution in [0, 0.1) is 0 Å². The Bertz CT molecular complexity index is 959. The van der Waals surface area contributed by atoms with E-state index in [4.69, 9.17) is 9.63 Å². The Morgan fingerprint density at radius 2 is 1.38 bits per heavy atom. The number of hydrogen-bond acceptors (Lipinski definition) is 3. The van der Waals surface area contributed by atoms with Crippen LogP contribution in [0.3, 0.4) is 0 Å². The van der Waals surface area contributed by atoms with E-state index in [-0.39, 0.29) is 0 Å². The minimum absolute atomic E-state index is 0.448. The maximum atomic E-state index is 14.0. The first-order chi connectivity index (χ1) is 12.7. The number of nitrogens with zero attached hydrogens (tertiary/aromatic N) is 2. The van der Waals surface area contributed by atoms with Gasteiger partial charge in [0.15, 0.2) is 0 Å². The lowest BCUT2D eigenvalue weighted by molar-refractivity contribution is 0.389. The first-order valence-corrected chi connectivity index (χ1v) is 10.1. The average molecular weight is 362 g/mol. The summed E-state index contributed by atoms with van der Waals surface area (Å²) in [7, 11) is -1.81. The predicted octanol–water partition coefficient (Wildman–Crippen LogP) is 5.49. The molecule has 26 heavy (non-hydrogen) atoms. The number of anilines is 1. The van der Waals surface area contributed by atoms with E-state index in [1.165, 1.54) is 7.11 Å². The molecular formula is C21H19N2O2P. The highest BCUT2D eigenvalue weighted by atomic mass is 31.2. The van der Waals surface area contributed by atoms with Crippen molar-refractivity contribution in [1.82, 2.24) is 0 Å². The van der Waals surface area contributed by atoms with Crippen molar-refractivity contribution in [1.29, 1.82) is 0 Å². The molecule has 0 fully saturated rings. The van der Waals surface area contributed by atoms with Gasteiger partial charge >= 0.3 is 7.52 Å². The second-order valence-electron chi connectivity index (χ2n) is 6.04. The van der Waals surface area contributed by atoms with Gasteiger partial charge in [-0.2, -0.15) is 9.88 Å². The van der Waals surface area contributed by atoms with Crippen molar-refractivity contribution in [3.8, 4) is 0 Å². The number of hydrazone groups is 1. The Morgan fingerprint density at radius 1 is 0.846 bits per heavy atom. The van der Waals surface area contributed by atoms with Crippen molar-refractivity contribution < 1.29 is 9.09 Å². The smallest absolute Gasteiger partial charge is 0.315 e. The zero-order valence-corrected chi connectivity index (χ0v) is 15.3. The number of hydrogen-bond donors (Lipinski definition) is 0. The molecule has 5 heteroatoms. The van der Waals surface area contributed by atoms with Crippen LogP contribution in [-0.4, -0.2) is 12.8 Å². The maximum Gasteiger partial charge on any atom is 0.329 e. The van der Waals surface area contributed by atoms with E-state index >= 15 is 0 Å². The molecule has 3 aromatic rings. The molecule has 4 nitrogen and oxygen atoms in total. The van der Waals surface area contributed by atoms with Crippen LogP contribution < -0.4 is 4.78 Å². The van der Waals surface area contributed by atoms with Crippen LogP contribution in [-0.2, 0) is 9.09 Å². The zero-order chi connectivity index (χ0) is 18.0. The van der Waals surface area contributed by atoms with Gasteiger partial charge in [-0.3, -0.25) is 4.57 Å². The molecule has 4 rings (SSSR count). The molecule has 0 spiro atoms. The Kier molecular flexibility index (Phi) is 4.46. The Labute approximate surface area is 153 Å². The Morgan fingerprint density at radius 3 is 1.96 bits per heavy atom. The molecule has 0 radical (unpaired) electrons. The standard InChI is InChI=1S/C21H19N2O2P/c1-25-26(24)21(18-13-7-3-8-14-18)20(17-11-5-2-6-12-17)22-23(26)19-15-9-4-10-16-19/h2-16,21H,1H3/t21-,26+/m1/s1. The van der Waals surface area contributed by atoms with Crippen molar-refractivity contribution in [3.63, 3.8) is 0 Å². The molecular weight excluding hydrogens is 343 g/mol. The molecule has 1 aliphatic heterocycles. The highest BCUT2D eigenvalue weighted by Crippen LogP contribution is 2.68. The van der Waals surface area contributed by atoms with Gasteiger partial charge in [0.1, 0.15) is 5.66 Å². The molecule has 0 amide bonds. The molecule has 0 unspecified atom stereocenters. The summed E-state index contributed by atoms with van der Waals surface area (Å²) in [6.45, 7) is 0. The molecule has 130 valence electrons. The summed E-state index contributed by atoms with van der Waals surface area (Å²) in [5.74, 6) is 0. The summed E-state index contributed by atoms with van der Waals surface area (Å²) in [6, 6.07) is 29.2. The molecule has 2 atom stereocenters. The molecule has 0 N–H and O–H groups in total. The topological polar surface area (TPSA) is 41.9 Å². The summed E-state index contributed by atoms with van der Waals surface area (Å²) in [4.78, 5) is 0. The van der Waals surface area contributed by atoms with Crippen LogP contribution in [0.5, 0.6) is 0 Å². The van der Waals surface area contributed by atoms with Gasteiger partial charge in [0.05, 0.1) is 11.4 Å². The van der Waals surface area contributed by atoms with Gasteiger partial charge in [-0.05, 0) is 23.3 Å². The molecule has 3 aromatic carbocycles. The molecule has 0 saturated heterocycles. The first-order valence-electron chi connectivity index (χ1n) is 8.44. The van der Waals surface area contributed by atoms with Crippen LogP contribution in [0.4, 0.5) is 5.69 Å². The van der Waals surface area contributed by atoms with Crippen molar-refractivity contribution in [3.05, 3.63) is 102 Å². The van der Waals surface area contributed by atoms with Gasteiger partial charge in [-0.15, -0.1) is 0 Å². The zero-order valence-electron chi connectivity index (χ0n) is 14.4. The van der Waals surface area contributed by atoms with Gasteiger partial charge in [0.2, 0.25) is 0 Å². The second kappa shape index (κ2) is 6.91. The normalized spacial score (nSPS) is 22.3. The summed E-state index contributed by atoms with van der Waals surface area (Å²) in [5, 5.41) is 4.77. The van der Waals surface area contributed by atoms with Crippen LogP contribution in [0.2, 0.25) is 0 Å². The van der Waals surface area contributed by atoms with Crippen LogP contribution >= 0.6 is 7.52 Å². The summed E-state index contributed by atoms with van der Waals surface area (Å²) >= 11 is 0. The SMILES string of the molecule is CO[P@@]1(=O)[C@H](c2ccccc2)C(c2ccccc2)=NN1c1ccccc1. The van der Waals surface area contributed by atoms with E-state index in [9.17, 15) is 4.57 Å². The fourth-order valence-electron chi connectivity index (χ4n) is 3.25. The van der Waals surface area contributed by atoms with Crippen molar-refractivity contribution in [2.45, 2.75) is 5.66 Å². The molecule has 0 saturated carbocycles. The number of benzene rings is 3. The van der Waals surface area contributed by atoms with Crippen LogP contribution in [0.15, 0.2) is 96.1 Å². The summed E-state index contributed by atoms with van der Waals surface area (Å²) in [5.41, 5.74) is 2.93. The Hall–Kier alpha value is -2.68. The molecule has 1 heterocycles. The minimum Gasteiger partial charge on any atom is -0.315 e. The van der Waals surface area contributed by atoms with Gasteiger partial charge in [0.25, 0.3) is 0 Å². The lowest BCUT2D eigenvalue weighted by Gasteiger charge is -2.26. The molecule has 0 aromatic heterocycles. The second-order valence-corrected chi connectivity index (χ2v) is 8.42. The lowest BCUT2D eigenvalue weighted by atomic mass is 10.0. The van der Waals surface area contributed by atoms with Gasteiger partial charge in [0, 0.05) is 7.11 Å². The summed E-state index contributed by atoms with van der Waals surface area (Å²) in [6.07, 6.45) is 0. The van der Waals surface area contributed by atoms with E-state index in [2.05, 4.69) is 0 Å². The van der Waals surface area contributed by atoms with E-state index < -0.39 is 13.2 Å². The third kappa shape index (κ3) is 2.78. The highest BCUT2D eigenvalue weighted by Gasteiger charge is 2.50. The monoisotopic (exact) mass is 362 g/mol. The third-order valence-electron chi connectivity index (χ3n) is 4.49.